The monoisotopic (exact) mass is 342 g/mol. The maximum Gasteiger partial charge on any atom is 0.328 e. The van der Waals surface area contributed by atoms with E-state index in [-0.39, 0.29) is 12.4 Å². The highest BCUT2D eigenvalue weighted by Crippen LogP contribution is 2.24. The van der Waals surface area contributed by atoms with Crippen LogP contribution in [0.25, 0.3) is 11.1 Å². The molecule has 0 amide bonds. The molecule has 0 saturated carbocycles. The summed E-state index contributed by atoms with van der Waals surface area (Å²) in [5.41, 5.74) is 1.85. The molecule has 0 aliphatic rings. The van der Waals surface area contributed by atoms with Crippen molar-refractivity contribution in [3.63, 3.8) is 0 Å². The van der Waals surface area contributed by atoms with Crippen LogP contribution in [0.4, 0.5) is 5.82 Å². The van der Waals surface area contributed by atoms with Gasteiger partial charge in [0, 0.05) is 6.42 Å². The van der Waals surface area contributed by atoms with Crippen molar-refractivity contribution in [2.45, 2.75) is 26.3 Å². The van der Waals surface area contributed by atoms with Crippen molar-refractivity contribution < 1.29 is 19.2 Å². The zero-order valence-corrected chi connectivity index (χ0v) is 13.9. The van der Waals surface area contributed by atoms with Gasteiger partial charge in [-0.3, -0.25) is 0 Å². The van der Waals surface area contributed by atoms with E-state index in [0.29, 0.717) is 29.0 Å². The number of hydrogen-bond donors (Lipinski definition) is 2. The fourth-order valence-electron chi connectivity index (χ4n) is 2.50. The second-order valence-corrected chi connectivity index (χ2v) is 5.49. The fourth-order valence-corrected chi connectivity index (χ4v) is 2.50. The van der Waals surface area contributed by atoms with Crippen LogP contribution in [0.3, 0.4) is 0 Å². The minimum Gasteiger partial charge on any atom is -0.508 e. The van der Waals surface area contributed by atoms with Crippen molar-refractivity contribution in [2.24, 2.45) is 0 Å². The van der Waals surface area contributed by atoms with Crippen LogP contribution >= 0.6 is 0 Å². The van der Waals surface area contributed by atoms with Gasteiger partial charge in [-0.05, 0) is 31.5 Å². The van der Waals surface area contributed by atoms with Gasteiger partial charge in [0.25, 0.3) is 5.71 Å². The van der Waals surface area contributed by atoms with Crippen molar-refractivity contribution in [1.82, 2.24) is 15.1 Å². The third kappa shape index (κ3) is 3.68. The van der Waals surface area contributed by atoms with Gasteiger partial charge in [-0.2, -0.15) is 4.98 Å². The average Bonchev–Trinajstić information content (AvgIpc) is 2.99. The van der Waals surface area contributed by atoms with Crippen molar-refractivity contribution in [3.8, 4) is 5.75 Å². The number of benzene rings is 1. The molecule has 0 fully saturated rings. The van der Waals surface area contributed by atoms with Crippen molar-refractivity contribution >= 4 is 22.9 Å². The van der Waals surface area contributed by atoms with Crippen molar-refractivity contribution in [1.29, 1.82) is 0 Å². The van der Waals surface area contributed by atoms with Crippen molar-refractivity contribution in [2.75, 3.05) is 11.9 Å². The Bertz CT molecular complexity index is 876. The average molecular weight is 342 g/mol. The summed E-state index contributed by atoms with van der Waals surface area (Å²) in [6.07, 6.45) is 1.72. The van der Waals surface area contributed by atoms with E-state index in [4.69, 9.17) is 9.26 Å². The minimum atomic E-state index is -0.656. The highest BCUT2D eigenvalue weighted by atomic mass is 16.5. The van der Waals surface area contributed by atoms with Gasteiger partial charge in [0.2, 0.25) is 0 Å². The highest BCUT2D eigenvalue weighted by Gasteiger charge is 2.23. The predicted molar refractivity (Wildman–Crippen MR) is 90.2 cm³/mol. The van der Waals surface area contributed by atoms with Crippen LogP contribution in [0.1, 0.15) is 18.2 Å². The molecule has 8 nitrogen and oxygen atoms in total. The van der Waals surface area contributed by atoms with Gasteiger partial charge in [0.05, 0.1) is 12.3 Å². The molecule has 0 aliphatic carbocycles. The Morgan fingerprint density at radius 1 is 1.32 bits per heavy atom. The first-order chi connectivity index (χ1) is 12.1. The van der Waals surface area contributed by atoms with E-state index >= 15 is 0 Å². The summed E-state index contributed by atoms with van der Waals surface area (Å²) in [6.45, 7) is 3.81. The lowest BCUT2D eigenvalue weighted by molar-refractivity contribution is -0.144. The molecule has 130 valence electrons. The molecular weight excluding hydrogens is 324 g/mol. The van der Waals surface area contributed by atoms with E-state index in [9.17, 15) is 9.90 Å². The first kappa shape index (κ1) is 16.7. The van der Waals surface area contributed by atoms with Crippen molar-refractivity contribution in [3.05, 3.63) is 41.9 Å². The quantitative estimate of drug-likeness (QED) is 0.656. The first-order valence-corrected chi connectivity index (χ1v) is 7.86. The van der Waals surface area contributed by atoms with Crippen LogP contribution in [0.2, 0.25) is 0 Å². The zero-order chi connectivity index (χ0) is 17.8. The Kier molecular flexibility index (Phi) is 4.78. The fraction of sp³-hybridized carbons (Fsp3) is 0.294. The second kappa shape index (κ2) is 7.16. The van der Waals surface area contributed by atoms with Gasteiger partial charge in [0.15, 0.2) is 0 Å². The summed E-state index contributed by atoms with van der Waals surface area (Å²) in [5, 5.41) is 17.0. The third-order valence-electron chi connectivity index (χ3n) is 3.70. The van der Waals surface area contributed by atoms with E-state index in [1.165, 1.54) is 6.33 Å². The number of aromatic hydroxyl groups is 1. The number of ether oxygens (including phenoxy) is 1. The van der Waals surface area contributed by atoms with Crippen LogP contribution in [-0.2, 0) is 16.0 Å². The standard InChI is InChI=1S/C17H18N4O4/c1-3-24-17(23)13(8-11-4-6-12(22)7-5-11)20-15-14-10(2)21-25-16(14)19-9-18-15/h4-7,9,13,22H,3,8H2,1-2H3,(H,18,19,20). The summed E-state index contributed by atoms with van der Waals surface area (Å²) in [5.74, 6) is 0.235. The molecule has 3 aromatic rings. The highest BCUT2D eigenvalue weighted by molar-refractivity contribution is 5.90. The minimum absolute atomic E-state index is 0.169. The normalized spacial score (nSPS) is 12.1. The van der Waals surface area contributed by atoms with Gasteiger partial charge in [-0.1, -0.05) is 17.3 Å². The Balaban J connectivity index is 1.89. The summed E-state index contributed by atoms with van der Waals surface area (Å²) in [7, 11) is 0. The number of fused-ring (bicyclic) bond motifs is 1. The van der Waals surface area contributed by atoms with E-state index in [1.54, 1.807) is 38.1 Å². The topological polar surface area (TPSA) is 110 Å². The molecule has 0 radical (unpaired) electrons. The number of hydrogen-bond acceptors (Lipinski definition) is 8. The summed E-state index contributed by atoms with van der Waals surface area (Å²) >= 11 is 0. The number of aryl methyl sites for hydroxylation is 1. The number of nitrogens with zero attached hydrogens (tertiary/aromatic N) is 3. The molecule has 0 bridgehead atoms. The molecule has 2 aromatic heterocycles. The number of carbonyl (C=O) groups excluding carboxylic acids is 1. The Labute approximate surface area is 143 Å². The maximum atomic E-state index is 12.4. The van der Waals surface area contributed by atoms with Gasteiger partial charge in [-0.15, -0.1) is 0 Å². The lowest BCUT2D eigenvalue weighted by Crippen LogP contribution is -2.34. The maximum absolute atomic E-state index is 12.4. The molecule has 1 atom stereocenters. The van der Waals surface area contributed by atoms with Crippen LogP contribution < -0.4 is 5.32 Å². The van der Waals surface area contributed by atoms with Gasteiger partial charge in [-0.25, -0.2) is 9.78 Å². The van der Waals surface area contributed by atoms with Crippen LogP contribution in [0.15, 0.2) is 35.1 Å². The number of phenolic OH excluding ortho intramolecular Hbond substituents is 1. The molecule has 0 aliphatic heterocycles. The SMILES string of the molecule is CCOC(=O)C(Cc1ccc(O)cc1)Nc1ncnc2onc(C)c12. The number of aromatic nitrogens is 3. The molecule has 1 unspecified atom stereocenters. The molecule has 2 N–H and O–H groups in total. The smallest absolute Gasteiger partial charge is 0.328 e. The number of anilines is 1. The summed E-state index contributed by atoms with van der Waals surface area (Å²) in [4.78, 5) is 20.6. The lowest BCUT2D eigenvalue weighted by Gasteiger charge is -2.18. The van der Waals surface area contributed by atoms with E-state index in [1.807, 2.05) is 0 Å². The molecule has 0 saturated heterocycles. The van der Waals surface area contributed by atoms with Gasteiger partial charge < -0.3 is 19.7 Å². The number of carbonyl (C=O) groups is 1. The Morgan fingerprint density at radius 3 is 2.80 bits per heavy atom. The molecular formula is C17H18N4O4. The van der Waals surface area contributed by atoms with E-state index < -0.39 is 12.0 Å². The number of esters is 1. The molecule has 25 heavy (non-hydrogen) atoms. The second-order valence-electron chi connectivity index (χ2n) is 5.49. The number of phenols is 1. The Hall–Kier alpha value is -3.16. The molecule has 3 rings (SSSR count). The van der Waals surface area contributed by atoms with Crippen LogP contribution in [0, 0.1) is 6.92 Å². The van der Waals surface area contributed by atoms with Crippen LogP contribution in [0.5, 0.6) is 5.75 Å². The molecule has 0 spiro atoms. The first-order valence-electron chi connectivity index (χ1n) is 7.86. The number of rotatable bonds is 6. The van der Waals surface area contributed by atoms with Gasteiger partial charge >= 0.3 is 5.97 Å². The summed E-state index contributed by atoms with van der Waals surface area (Å²) in [6, 6.07) is 6.00. The largest absolute Gasteiger partial charge is 0.508 e. The Morgan fingerprint density at radius 2 is 2.08 bits per heavy atom. The molecule has 2 heterocycles. The number of nitrogens with one attached hydrogen (secondary N) is 1. The van der Waals surface area contributed by atoms with Gasteiger partial charge in [0.1, 0.15) is 29.3 Å². The lowest BCUT2D eigenvalue weighted by atomic mass is 10.1. The van der Waals surface area contributed by atoms with Crippen LogP contribution in [-0.4, -0.2) is 38.8 Å². The molecule has 8 heteroatoms. The van der Waals surface area contributed by atoms with E-state index in [0.717, 1.165) is 5.56 Å². The predicted octanol–water partition coefficient (Wildman–Crippen LogP) is 2.22. The third-order valence-corrected chi connectivity index (χ3v) is 3.70. The molecule has 1 aromatic carbocycles. The van der Waals surface area contributed by atoms with E-state index in [2.05, 4.69) is 20.4 Å². The zero-order valence-electron chi connectivity index (χ0n) is 13.9. The summed E-state index contributed by atoms with van der Waals surface area (Å²) < 4.78 is 10.3.